The summed E-state index contributed by atoms with van der Waals surface area (Å²) in [4.78, 5) is 11.9. The number of carbonyl (C=O) groups excluding carboxylic acids is 1. The minimum atomic E-state index is 0.611. The number of fused-ring (bicyclic) bond motifs is 1. The number of aldehydes is 1. The predicted molar refractivity (Wildman–Crippen MR) is 64.2 cm³/mol. The molecule has 2 aromatic rings. The maximum Gasteiger partial charge on any atom is 0.160 e. The van der Waals surface area contributed by atoms with Gasteiger partial charge in [-0.2, -0.15) is 0 Å². The first-order valence-corrected chi connectivity index (χ1v) is 6.16. The average molecular weight is 237 g/mol. The fourth-order valence-electron chi connectivity index (χ4n) is 1.99. The van der Waals surface area contributed by atoms with E-state index in [1.165, 1.54) is 23.8 Å². The number of rotatable bonds is 2. The first-order valence-electron chi connectivity index (χ1n) is 4.96. The van der Waals surface area contributed by atoms with Crippen molar-refractivity contribution in [2.75, 3.05) is 0 Å². The summed E-state index contributed by atoms with van der Waals surface area (Å²) >= 11 is 7.49. The van der Waals surface area contributed by atoms with Crippen LogP contribution in [0.3, 0.4) is 0 Å². The molecule has 0 unspecified atom stereocenters. The van der Waals surface area contributed by atoms with Gasteiger partial charge in [-0.05, 0) is 41.8 Å². The highest BCUT2D eigenvalue weighted by Crippen LogP contribution is 2.47. The van der Waals surface area contributed by atoms with E-state index in [0.717, 1.165) is 20.9 Å². The summed E-state index contributed by atoms with van der Waals surface area (Å²) in [6.45, 7) is 0. The van der Waals surface area contributed by atoms with Crippen molar-refractivity contribution in [1.82, 2.24) is 0 Å². The lowest BCUT2D eigenvalue weighted by Gasteiger charge is -1.96. The molecule has 0 N–H and O–H groups in total. The fourth-order valence-corrected chi connectivity index (χ4v) is 3.37. The first-order chi connectivity index (χ1) is 7.29. The third kappa shape index (κ3) is 1.48. The number of hydrogen-bond donors (Lipinski definition) is 0. The average Bonchev–Trinajstić information content (AvgIpc) is 2.99. The molecule has 1 aromatic heterocycles. The van der Waals surface area contributed by atoms with Gasteiger partial charge in [0.2, 0.25) is 0 Å². The van der Waals surface area contributed by atoms with Crippen LogP contribution in [-0.2, 0) is 0 Å². The molecule has 76 valence electrons. The lowest BCUT2D eigenvalue weighted by atomic mass is 10.1. The van der Waals surface area contributed by atoms with Crippen molar-refractivity contribution in [3.63, 3.8) is 0 Å². The molecule has 1 aliphatic rings. The van der Waals surface area contributed by atoms with Gasteiger partial charge in [-0.15, -0.1) is 11.3 Å². The molecule has 0 aliphatic heterocycles. The van der Waals surface area contributed by atoms with Gasteiger partial charge in [0.25, 0.3) is 0 Å². The maximum absolute atomic E-state index is 11.0. The molecule has 0 amide bonds. The van der Waals surface area contributed by atoms with Gasteiger partial charge in [0, 0.05) is 9.72 Å². The quantitative estimate of drug-likeness (QED) is 0.713. The molecular formula is C12H9ClOS. The fraction of sp³-hybridized carbons (Fsp3) is 0.250. The number of hydrogen-bond acceptors (Lipinski definition) is 2. The van der Waals surface area contributed by atoms with Gasteiger partial charge in [0.05, 0.1) is 4.88 Å². The molecule has 3 heteroatoms. The second-order valence-corrected chi connectivity index (χ2v) is 5.43. The Morgan fingerprint density at radius 2 is 2.20 bits per heavy atom. The van der Waals surface area contributed by atoms with Crippen LogP contribution in [0.4, 0.5) is 0 Å². The summed E-state index contributed by atoms with van der Waals surface area (Å²) in [6.07, 6.45) is 3.41. The third-order valence-corrected chi connectivity index (χ3v) is 4.14. The molecule has 1 saturated carbocycles. The van der Waals surface area contributed by atoms with E-state index in [0.29, 0.717) is 5.92 Å². The molecule has 0 radical (unpaired) electrons. The van der Waals surface area contributed by atoms with Gasteiger partial charge in [-0.25, -0.2) is 0 Å². The highest BCUT2D eigenvalue weighted by molar-refractivity contribution is 7.20. The predicted octanol–water partition coefficient (Wildman–Crippen LogP) is 4.24. The van der Waals surface area contributed by atoms with Crippen molar-refractivity contribution < 1.29 is 4.79 Å². The molecule has 0 atom stereocenters. The Kier molecular flexibility index (Phi) is 2.08. The van der Waals surface area contributed by atoms with Crippen LogP contribution in [0, 0.1) is 0 Å². The number of carbonyl (C=O) groups is 1. The van der Waals surface area contributed by atoms with Crippen LogP contribution in [0.2, 0.25) is 5.02 Å². The van der Waals surface area contributed by atoms with Gasteiger partial charge in [-0.3, -0.25) is 4.79 Å². The SMILES string of the molecule is O=Cc1sc2cc(Cl)ccc2c1C1CC1. The number of halogens is 1. The summed E-state index contributed by atoms with van der Waals surface area (Å²) in [5.74, 6) is 0.611. The van der Waals surface area contributed by atoms with Crippen molar-refractivity contribution in [2.24, 2.45) is 0 Å². The largest absolute Gasteiger partial charge is 0.297 e. The van der Waals surface area contributed by atoms with Crippen LogP contribution in [0.15, 0.2) is 18.2 Å². The van der Waals surface area contributed by atoms with Crippen LogP contribution in [-0.4, -0.2) is 6.29 Å². The Morgan fingerprint density at radius 3 is 2.87 bits per heavy atom. The van der Waals surface area contributed by atoms with Crippen LogP contribution < -0.4 is 0 Å². The van der Waals surface area contributed by atoms with Crippen LogP contribution >= 0.6 is 22.9 Å². The van der Waals surface area contributed by atoms with Gasteiger partial charge in [-0.1, -0.05) is 17.7 Å². The normalized spacial score (nSPS) is 15.8. The maximum atomic E-state index is 11.0. The summed E-state index contributed by atoms with van der Waals surface area (Å²) in [7, 11) is 0. The zero-order valence-corrected chi connectivity index (χ0v) is 9.57. The molecule has 0 saturated heterocycles. The Hall–Kier alpha value is -0.860. The third-order valence-electron chi connectivity index (χ3n) is 2.81. The Balaban J connectivity index is 2.33. The Labute approximate surface area is 96.7 Å². The van der Waals surface area contributed by atoms with E-state index in [4.69, 9.17) is 11.6 Å². The molecule has 1 heterocycles. The molecule has 15 heavy (non-hydrogen) atoms. The lowest BCUT2D eigenvalue weighted by molar-refractivity contribution is 0.112. The van der Waals surface area contributed by atoms with Crippen molar-refractivity contribution >= 4 is 39.3 Å². The zero-order valence-electron chi connectivity index (χ0n) is 8.00. The highest BCUT2D eigenvalue weighted by atomic mass is 35.5. The summed E-state index contributed by atoms with van der Waals surface area (Å²) in [5, 5.41) is 1.96. The van der Waals surface area contributed by atoms with E-state index in [1.807, 2.05) is 18.2 Å². The molecule has 1 aliphatic carbocycles. The summed E-state index contributed by atoms with van der Waals surface area (Å²) < 4.78 is 1.13. The molecular weight excluding hydrogens is 228 g/mol. The molecule has 1 nitrogen and oxygen atoms in total. The monoisotopic (exact) mass is 236 g/mol. The van der Waals surface area contributed by atoms with E-state index in [1.54, 1.807) is 11.3 Å². The highest BCUT2D eigenvalue weighted by Gasteiger charge is 2.29. The minimum absolute atomic E-state index is 0.611. The molecule has 3 rings (SSSR count). The lowest BCUT2D eigenvalue weighted by Crippen LogP contribution is -1.82. The molecule has 1 fully saturated rings. The molecule has 0 bridgehead atoms. The van der Waals surface area contributed by atoms with Gasteiger partial charge in [0.1, 0.15) is 0 Å². The summed E-state index contributed by atoms with van der Waals surface area (Å²) in [6, 6.07) is 5.88. The van der Waals surface area contributed by atoms with Crippen molar-refractivity contribution in [2.45, 2.75) is 18.8 Å². The van der Waals surface area contributed by atoms with E-state index >= 15 is 0 Å². The van der Waals surface area contributed by atoms with Crippen molar-refractivity contribution in [3.05, 3.63) is 33.7 Å². The zero-order chi connectivity index (χ0) is 10.4. The second kappa shape index (κ2) is 3.32. The van der Waals surface area contributed by atoms with Crippen LogP contribution in [0.5, 0.6) is 0 Å². The number of thiophene rings is 1. The Morgan fingerprint density at radius 1 is 1.40 bits per heavy atom. The van der Waals surface area contributed by atoms with Gasteiger partial charge >= 0.3 is 0 Å². The van der Waals surface area contributed by atoms with E-state index in [9.17, 15) is 4.79 Å². The van der Waals surface area contributed by atoms with Gasteiger partial charge in [0.15, 0.2) is 6.29 Å². The van der Waals surface area contributed by atoms with E-state index in [2.05, 4.69) is 0 Å². The van der Waals surface area contributed by atoms with Crippen LogP contribution in [0.25, 0.3) is 10.1 Å². The summed E-state index contributed by atoms with van der Waals surface area (Å²) in [5.41, 5.74) is 1.25. The molecule has 0 spiro atoms. The van der Waals surface area contributed by atoms with Crippen molar-refractivity contribution in [1.29, 1.82) is 0 Å². The first kappa shape index (κ1) is 9.37. The standard InChI is InChI=1S/C12H9ClOS/c13-8-3-4-9-10(5-8)15-11(6-14)12(9)7-1-2-7/h3-7H,1-2H2. The van der Waals surface area contributed by atoms with Crippen molar-refractivity contribution in [3.8, 4) is 0 Å². The van der Waals surface area contributed by atoms with E-state index < -0.39 is 0 Å². The van der Waals surface area contributed by atoms with Crippen LogP contribution in [0.1, 0.15) is 34.0 Å². The second-order valence-electron chi connectivity index (χ2n) is 3.91. The Bertz CT molecular complexity index is 540. The van der Waals surface area contributed by atoms with Gasteiger partial charge < -0.3 is 0 Å². The minimum Gasteiger partial charge on any atom is -0.297 e. The van der Waals surface area contributed by atoms with E-state index in [-0.39, 0.29) is 0 Å². The number of benzene rings is 1. The topological polar surface area (TPSA) is 17.1 Å². The smallest absolute Gasteiger partial charge is 0.160 e. The molecule has 1 aromatic carbocycles.